The molecule has 2 N–H and O–H groups in total. The minimum absolute atomic E-state index is 0.0129. The van der Waals surface area contributed by atoms with Gasteiger partial charge in [0, 0.05) is 25.1 Å². The molecule has 0 saturated carbocycles. The summed E-state index contributed by atoms with van der Waals surface area (Å²) in [6, 6.07) is 5.63. The zero-order chi connectivity index (χ0) is 21.5. The van der Waals surface area contributed by atoms with Crippen molar-refractivity contribution >= 4 is 42.7 Å². The lowest BCUT2D eigenvalue weighted by Gasteiger charge is -2.07. The SMILES string of the molecule is Cn1cc(-c2ccc3nc(C(c4nnc(CNS(=O)O)o4)S(C)(=O)=O)sc3c2)cn1. The highest BCUT2D eigenvalue weighted by atomic mass is 32.2. The molecule has 158 valence electrons. The van der Waals surface area contributed by atoms with Crippen molar-refractivity contribution < 1.29 is 21.6 Å². The Bertz CT molecular complexity index is 1340. The summed E-state index contributed by atoms with van der Waals surface area (Å²) < 4.78 is 54.6. The van der Waals surface area contributed by atoms with Gasteiger partial charge in [-0.1, -0.05) is 6.07 Å². The minimum atomic E-state index is -3.69. The van der Waals surface area contributed by atoms with E-state index in [0.29, 0.717) is 10.5 Å². The van der Waals surface area contributed by atoms with Crippen molar-refractivity contribution in [3.8, 4) is 11.1 Å². The van der Waals surface area contributed by atoms with E-state index in [1.807, 2.05) is 31.4 Å². The van der Waals surface area contributed by atoms with Gasteiger partial charge in [0.15, 0.2) is 15.1 Å². The number of hydrogen-bond acceptors (Lipinski definition) is 9. The van der Waals surface area contributed by atoms with Crippen LogP contribution in [0, 0.1) is 0 Å². The molecule has 0 aliphatic heterocycles. The molecule has 3 aromatic heterocycles. The number of sulfone groups is 1. The summed E-state index contributed by atoms with van der Waals surface area (Å²) in [7, 11) is -1.86. The number of benzene rings is 1. The molecule has 0 bridgehead atoms. The minimum Gasteiger partial charge on any atom is -0.422 e. The topological polar surface area (TPSA) is 153 Å². The average Bonchev–Trinajstić information content (AvgIpc) is 3.38. The molecule has 14 heteroatoms. The van der Waals surface area contributed by atoms with Gasteiger partial charge in [0.1, 0.15) is 5.01 Å². The van der Waals surface area contributed by atoms with Crippen molar-refractivity contribution in [2.24, 2.45) is 7.05 Å². The van der Waals surface area contributed by atoms with Crippen LogP contribution < -0.4 is 4.72 Å². The number of aryl methyl sites for hydroxylation is 1. The van der Waals surface area contributed by atoms with Gasteiger partial charge in [0.05, 0.1) is 23.0 Å². The summed E-state index contributed by atoms with van der Waals surface area (Å²) in [5.41, 5.74) is 2.52. The van der Waals surface area contributed by atoms with E-state index in [2.05, 4.69) is 25.0 Å². The highest BCUT2D eigenvalue weighted by molar-refractivity contribution is 7.91. The van der Waals surface area contributed by atoms with Crippen LogP contribution in [0.15, 0.2) is 35.0 Å². The van der Waals surface area contributed by atoms with Crippen LogP contribution in [0.2, 0.25) is 0 Å². The second kappa shape index (κ2) is 7.96. The molecule has 0 aliphatic carbocycles. The molecule has 1 aromatic carbocycles. The Labute approximate surface area is 177 Å². The largest absolute Gasteiger partial charge is 0.422 e. The third kappa shape index (κ3) is 4.32. The van der Waals surface area contributed by atoms with Crippen LogP contribution in [0.5, 0.6) is 0 Å². The molecule has 0 fully saturated rings. The summed E-state index contributed by atoms with van der Waals surface area (Å²) in [4.78, 5) is 4.47. The van der Waals surface area contributed by atoms with E-state index >= 15 is 0 Å². The molecule has 2 atom stereocenters. The fourth-order valence-corrected chi connectivity index (χ4v) is 5.62. The van der Waals surface area contributed by atoms with E-state index < -0.39 is 26.4 Å². The number of thiazole rings is 1. The second-order valence-corrected chi connectivity index (χ2v) is 10.4. The quantitative estimate of drug-likeness (QED) is 0.384. The Hall–Kier alpha value is -2.52. The normalized spacial score (nSPS) is 14.2. The van der Waals surface area contributed by atoms with E-state index in [9.17, 15) is 12.6 Å². The van der Waals surface area contributed by atoms with E-state index in [0.717, 1.165) is 22.1 Å². The highest BCUT2D eigenvalue weighted by Gasteiger charge is 2.33. The maximum Gasteiger partial charge on any atom is 0.241 e. The van der Waals surface area contributed by atoms with Gasteiger partial charge in [-0.15, -0.1) is 21.5 Å². The molecule has 0 radical (unpaired) electrons. The molecule has 0 saturated heterocycles. The molecule has 3 heterocycles. The van der Waals surface area contributed by atoms with Gasteiger partial charge in [-0.25, -0.2) is 22.3 Å². The van der Waals surface area contributed by atoms with Crippen LogP contribution in [-0.4, -0.2) is 48.4 Å². The smallest absolute Gasteiger partial charge is 0.241 e. The first-order valence-corrected chi connectivity index (χ1v) is 12.3. The Morgan fingerprint density at radius 1 is 1.33 bits per heavy atom. The van der Waals surface area contributed by atoms with Crippen LogP contribution >= 0.6 is 11.3 Å². The van der Waals surface area contributed by atoms with Crippen LogP contribution in [0.1, 0.15) is 22.0 Å². The number of nitrogens with one attached hydrogen (secondary N) is 1. The summed E-state index contributed by atoms with van der Waals surface area (Å²) in [6.45, 7) is -0.180. The van der Waals surface area contributed by atoms with Gasteiger partial charge in [-0.05, 0) is 17.7 Å². The van der Waals surface area contributed by atoms with E-state index in [4.69, 9.17) is 8.97 Å². The maximum atomic E-state index is 12.5. The van der Waals surface area contributed by atoms with Gasteiger partial charge in [-0.2, -0.15) is 5.10 Å². The van der Waals surface area contributed by atoms with Gasteiger partial charge in [0.25, 0.3) is 0 Å². The summed E-state index contributed by atoms with van der Waals surface area (Å²) in [6.07, 6.45) is 4.70. The first-order chi connectivity index (χ1) is 14.2. The number of rotatable bonds is 7. The molecule has 0 spiro atoms. The Kier molecular flexibility index (Phi) is 5.50. The van der Waals surface area contributed by atoms with Crippen LogP contribution in [-0.2, 0) is 34.7 Å². The average molecular weight is 469 g/mol. The van der Waals surface area contributed by atoms with Crippen molar-refractivity contribution in [1.82, 2.24) is 29.7 Å². The first kappa shape index (κ1) is 20.7. The molecule has 2 unspecified atom stereocenters. The molecule has 0 aliphatic rings. The van der Waals surface area contributed by atoms with E-state index in [1.54, 1.807) is 10.9 Å². The van der Waals surface area contributed by atoms with Crippen molar-refractivity contribution in [1.29, 1.82) is 0 Å². The molecule has 4 aromatic rings. The fraction of sp³-hybridized carbons (Fsp3) is 0.250. The predicted octanol–water partition coefficient (Wildman–Crippen LogP) is 1.44. The van der Waals surface area contributed by atoms with Gasteiger partial charge in [-0.3, -0.25) is 9.23 Å². The van der Waals surface area contributed by atoms with Gasteiger partial charge < -0.3 is 4.42 Å². The fourth-order valence-electron chi connectivity index (χ4n) is 2.84. The van der Waals surface area contributed by atoms with Crippen LogP contribution in [0.25, 0.3) is 21.3 Å². The number of hydrogen-bond donors (Lipinski definition) is 2. The molecular weight excluding hydrogens is 452 g/mol. The van der Waals surface area contributed by atoms with E-state index in [-0.39, 0.29) is 18.3 Å². The van der Waals surface area contributed by atoms with Gasteiger partial charge >= 0.3 is 0 Å². The molecular formula is C16H16N6O5S3. The van der Waals surface area contributed by atoms with Crippen molar-refractivity contribution in [2.75, 3.05) is 6.26 Å². The lowest BCUT2D eigenvalue weighted by atomic mass is 10.1. The van der Waals surface area contributed by atoms with Crippen LogP contribution in [0.3, 0.4) is 0 Å². The lowest BCUT2D eigenvalue weighted by molar-refractivity contribution is 0.442. The van der Waals surface area contributed by atoms with Gasteiger partial charge in [0.2, 0.25) is 23.0 Å². The predicted molar refractivity (Wildman–Crippen MR) is 110 cm³/mol. The lowest BCUT2D eigenvalue weighted by Crippen LogP contribution is -2.15. The maximum absolute atomic E-state index is 12.5. The van der Waals surface area contributed by atoms with Crippen molar-refractivity contribution in [3.05, 3.63) is 47.4 Å². The molecule has 0 amide bonds. The second-order valence-electron chi connectivity index (χ2n) is 6.45. The number of fused-ring (bicyclic) bond motifs is 1. The third-order valence-electron chi connectivity index (χ3n) is 4.15. The summed E-state index contributed by atoms with van der Waals surface area (Å²) in [5, 5.41) is 10.8. The molecule has 4 rings (SSSR count). The molecule has 30 heavy (non-hydrogen) atoms. The van der Waals surface area contributed by atoms with Crippen molar-refractivity contribution in [2.45, 2.75) is 11.8 Å². The zero-order valence-corrected chi connectivity index (χ0v) is 18.2. The molecule has 11 nitrogen and oxygen atoms in total. The summed E-state index contributed by atoms with van der Waals surface area (Å²) in [5.74, 6) is -0.161. The highest BCUT2D eigenvalue weighted by Crippen LogP contribution is 2.36. The summed E-state index contributed by atoms with van der Waals surface area (Å²) >= 11 is -1.04. The van der Waals surface area contributed by atoms with Crippen LogP contribution in [0.4, 0.5) is 0 Å². The monoisotopic (exact) mass is 468 g/mol. The Balaban J connectivity index is 1.72. The Morgan fingerprint density at radius 3 is 2.80 bits per heavy atom. The van der Waals surface area contributed by atoms with E-state index in [1.165, 1.54) is 11.3 Å². The Morgan fingerprint density at radius 2 is 2.13 bits per heavy atom. The number of nitrogens with zero attached hydrogens (tertiary/aromatic N) is 5. The first-order valence-electron chi connectivity index (χ1n) is 8.46. The third-order valence-corrected chi connectivity index (χ3v) is 7.05. The number of aromatic nitrogens is 5. The standard InChI is InChI=1S/C16H16N6O5S3/c1-22-8-10(6-17-22)9-3-4-11-12(5-9)28-16(19-11)14(30(2,25)26)15-21-20-13(27-15)7-18-29(23)24/h3-6,8,14,18H,7H2,1-2H3,(H,23,24). The zero-order valence-electron chi connectivity index (χ0n) is 15.7. The van der Waals surface area contributed by atoms with Crippen molar-refractivity contribution in [3.63, 3.8) is 0 Å².